The molecule has 178 valence electrons. The zero-order valence-electron chi connectivity index (χ0n) is 19.5. The lowest BCUT2D eigenvalue weighted by Crippen LogP contribution is -2.54. The van der Waals surface area contributed by atoms with Crippen LogP contribution < -0.4 is 14.8 Å². The van der Waals surface area contributed by atoms with Crippen molar-refractivity contribution in [1.82, 2.24) is 20.0 Å². The van der Waals surface area contributed by atoms with Crippen molar-refractivity contribution in [1.29, 1.82) is 0 Å². The molecule has 0 radical (unpaired) electrons. The number of rotatable bonds is 8. The van der Waals surface area contributed by atoms with Crippen LogP contribution in [-0.4, -0.2) is 105 Å². The van der Waals surface area contributed by atoms with Crippen LogP contribution >= 0.6 is 0 Å². The molecular weight excluding hydrogens is 410 g/mol. The number of nitrogens with one attached hydrogen (secondary N) is 1. The highest BCUT2D eigenvalue weighted by Gasteiger charge is 2.25. The third-order valence-electron chi connectivity index (χ3n) is 6.03. The van der Waals surface area contributed by atoms with Crippen LogP contribution in [0.25, 0.3) is 0 Å². The van der Waals surface area contributed by atoms with E-state index < -0.39 is 6.10 Å². The van der Waals surface area contributed by atoms with Crippen LogP contribution in [0.5, 0.6) is 11.5 Å². The smallest absolute Gasteiger partial charge is 0.236 e. The number of likely N-dealkylation sites (tertiary alicyclic amines) is 1. The van der Waals surface area contributed by atoms with Gasteiger partial charge in [0.2, 0.25) is 5.91 Å². The molecule has 2 N–H and O–H groups in total. The van der Waals surface area contributed by atoms with Crippen molar-refractivity contribution in [2.75, 3.05) is 73.1 Å². The summed E-state index contributed by atoms with van der Waals surface area (Å²) >= 11 is 0. The van der Waals surface area contributed by atoms with Gasteiger partial charge in [-0.2, -0.15) is 0 Å². The monoisotopic (exact) mass is 447 g/mol. The van der Waals surface area contributed by atoms with E-state index in [0.29, 0.717) is 23.6 Å². The number of aliphatic imine (C=N–C) groups is 1. The van der Waals surface area contributed by atoms with E-state index in [2.05, 4.69) is 20.1 Å². The molecule has 2 fully saturated rings. The lowest BCUT2D eigenvalue weighted by molar-refractivity contribution is -0.131. The van der Waals surface area contributed by atoms with Crippen molar-refractivity contribution in [2.45, 2.75) is 25.9 Å². The summed E-state index contributed by atoms with van der Waals surface area (Å²) in [7, 11) is 3.18. The number of aliphatic hydroxyl groups is 1. The Morgan fingerprint density at radius 2 is 1.81 bits per heavy atom. The van der Waals surface area contributed by atoms with Crippen molar-refractivity contribution < 1.29 is 19.4 Å². The lowest BCUT2D eigenvalue weighted by atomic mass is 10.1. The number of ether oxygens (including phenoxy) is 2. The van der Waals surface area contributed by atoms with Crippen LogP contribution in [0.1, 0.15) is 31.4 Å². The second-order valence-corrected chi connectivity index (χ2v) is 8.17. The Morgan fingerprint density at radius 3 is 2.44 bits per heavy atom. The van der Waals surface area contributed by atoms with E-state index in [0.717, 1.165) is 64.6 Å². The van der Waals surface area contributed by atoms with E-state index in [1.807, 2.05) is 11.8 Å². The SMILES string of the molecule is CCNC(=NCC(O)c1cc(OC)ccc1OC)N1CCN(CC(=O)N2CCCC2)CC1. The average Bonchev–Trinajstić information content (AvgIpc) is 3.37. The molecule has 0 aromatic heterocycles. The van der Waals surface area contributed by atoms with Gasteiger partial charge < -0.3 is 29.7 Å². The maximum absolute atomic E-state index is 12.4. The molecule has 9 heteroatoms. The number of nitrogens with zero attached hydrogens (tertiary/aromatic N) is 4. The van der Waals surface area contributed by atoms with Gasteiger partial charge in [-0.3, -0.25) is 14.7 Å². The first kappa shape index (κ1) is 24.1. The number of piperazine rings is 1. The second-order valence-electron chi connectivity index (χ2n) is 8.17. The fourth-order valence-corrected chi connectivity index (χ4v) is 4.17. The highest BCUT2D eigenvalue weighted by molar-refractivity contribution is 5.80. The van der Waals surface area contributed by atoms with Gasteiger partial charge in [-0.05, 0) is 38.0 Å². The Balaban J connectivity index is 1.57. The van der Waals surface area contributed by atoms with Crippen LogP contribution in [0.2, 0.25) is 0 Å². The molecule has 1 unspecified atom stereocenters. The number of guanidine groups is 1. The molecule has 3 rings (SSSR count). The fraction of sp³-hybridized carbons (Fsp3) is 0.652. The second kappa shape index (κ2) is 11.9. The summed E-state index contributed by atoms with van der Waals surface area (Å²) in [6.07, 6.45) is 1.43. The summed E-state index contributed by atoms with van der Waals surface area (Å²) in [5.41, 5.74) is 0.650. The first-order valence-corrected chi connectivity index (χ1v) is 11.5. The first-order chi connectivity index (χ1) is 15.5. The van der Waals surface area contributed by atoms with Gasteiger partial charge in [-0.1, -0.05) is 0 Å². The standard InChI is InChI=1S/C23H37N5O4/c1-4-24-23(25-16-20(29)19-15-18(31-2)7-8-21(19)32-3)28-13-11-26(12-14-28)17-22(30)27-9-5-6-10-27/h7-8,15,20,29H,4-6,9-14,16-17H2,1-3H3,(H,24,25). The van der Waals surface area contributed by atoms with Gasteiger partial charge in [0.1, 0.15) is 17.6 Å². The number of methoxy groups -OCH3 is 2. The normalized spacial score (nSPS) is 18.6. The predicted octanol–water partition coefficient (Wildman–Crippen LogP) is 0.943. The predicted molar refractivity (Wildman–Crippen MR) is 124 cm³/mol. The first-order valence-electron chi connectivity index (χ1n) is 11.5. The zero-order chi connectivity index (χ0) is 22.9. The maximum atomic E-state index is 12.4. The number of carbonyl (C=O) groups is 1. The van der Waals surface area contributed by atoms with E-state index in [1.54, 1.807) is 32.4 Å². The van der Waals surface area contributed by atoms with Gasteiger partial charge >= 0.3 is 0 Å². The van der Waals surface area contributed by atoms with Gasteiger partial charge in [0, 0.05) is 51.4 Å². The molecule has 2 heterocycles. The highest BCUT2D eigenvalue weighted by atomic mass is 16.5. The maximum Gasteiger partial charge on any atom is 0.236 e. The Morgan fingerprint density at radius 1 is 1.09 bits per heavy atom. The van der Waals surface area contributed by atoms with Crippen LogP contribution in [-0.2, 0) is 4.79 Å². The Labute approximate surface area is 191 Å². The molecule has 0 spiro atoms. The molecule has 0 saturated carbocycles. The fourth-order valence-electron chi connectivity index (χ4n) is 4.17. The summed E-state index contributed by atoms with van der Waals surface area (Å²) in [6.45, 7) is 8.48. The van der Waals surface area contributed by atoms with E-state index in [9.17, 15) is 9.90 Å². The number of aliphatic hydroxyl groups excluding tert-OH is 1. The molecule has 1 atom stereocenters. The Hall–Kier alpha value is -2.52. The molecule has 2 saturated heterocycles. The molecule has 2 aliphatic heterocycles. The van der Waals surface area contributed by atoms with E-state index in [-0.39, 0.29) is 12.5 Å². The quantitative estimate of drug-likeness (QED) is 0.453. The van der Waals surface area contributed by atoms with Gasteiger partial charge in [0.15, 0.2) is 5.96 Å². The topological polar surface area (TPSA) is 89.9 Å². The van der Waals surface area contributed by atoms with Crippen LogP contribution in [0.4, 0.5) is 0 Å². The average molecular weight is 448 g/mol. The molecule has 0 aliphatic carbocycles. The van der Waals surface area contributed by atoms with E-state index in [4.69, 9.17) is 9.47 Å². The number of hydrogen-bond acceptors (Lipinski definition) is 6. The molecule has 0 bridgehead atoms. The molecule has 1 amide bonds. The Bertz CT molecular complexity index is 774. The molecule has 1 aromatic rings. The summed E-state index contributed by atoms with van der Waals surface area (Å²) < 4.78 is 10.7. The van der Waals surface area contributed by atoms with Gasteiger partial charge in [-0.25, -0.2) is 0 Å². The molecule has 9 nitrogen and oxygen atoms in total. The Kier molecular flexibility index (Phi) is 8.99. The summed E-state index contributed by atoms with van der Waals surface area (Å²) in [6, 6.07) is 5.37. The molecule has 2 aliphatic rings. The van der Waals surface area contributed by atoms with Gasteiger partial charge in [0.05, 0.1) is 27.3 Å². The molecule has 32 heavy (non-hydrogen) atoms. The largest absolute Gasteiger partial charge is 0.497 e. The number of benzene rings is 1. The highest BCUT2D eigenvalue weighted by Crippen LogP contribution is 2.29. The number of carbonyl (C=O) groups excluding carboxylic acids is 1. The van der Waals surface area contributed by atoms with Crippen LogP contribution in [0, 0.1) is 0 Å². The third-order valence-corrected chi connectivity index (χ3v) is 6.03. The minimum Gasteiger partial charge on any atom is -0.497 e. The van der Waals surface area contributed by atoms with Crippen molar-refractivity contribution >= 4 is 11.9 Å². The van der Waals surface area contributed by atoms with Crippen molar-refractivity contribution in [3.63, 3.8) is 0 Å². The van der Waals surface area contributed by atoms with E-state index >= 15 is 0 Å². The van der Waals surface area contributed by atoms with Gasteiger partial charge in [0.25, 0.3) is 0 Å². The summed E-state index contributed by atoms with van der Waals surface area (Å²) in [5.74, 6) is 2.29. The minimum absolute atomic E-state index is 0.208. The minimum atomic E-state index is -0.812. The molecular formula is C23H37N5O4. The van der Waals surface area contributed by atoms with Crippen molar-refractivity contribution in [3.05, 3.63) is 23.8 Å². The van der Waals surface area contributed by atoms with Crippen LogP contribution in [0.3, 0.4) is 0 Å². The molecule has 1 aromatic carbocycles. The summed E-state index contributed by atoms with van der Waals surface area (Å²) in [5, 5.41) is 14.1. The number of amides is 1. The number of hydrogen-bond donors (Lipinski definition) is 2. The summed E-state index contributed by atoms with van der Waals surface area (Å²) in [4.78, 5) is 23.5. The van der Waals surface area contributed by atoms with Gasteiger partial charge in [-0.15, -0.1) is 0 Å². The van der Waals surface area contributed by atoms with Crippen molar-refractivity contribution in [2.24, 2.45) is 4.99 Å². The van der Waals surface area contributed by atoms with Crippen LogP contribution in [0.15, 0.2) is 23.2 Å². The lowest BCUT2D eigenvalue weighted by Gasteiger charge is -2.36. The zero-order valence-corrected chi connectivity index (χ0v) is 19.5. The van der Waals surface area contributed by atoms with Crippen molar-refractivity contribution in [3.8, 4) is 11.5 Å². The third kappa shape index (κ3) is 6.26. The van der Waals surface area contributed by atoms with E-state index in [1.165, 1.54) is 0 Å².